The Morgan fingerprint density at radius 1 is 1.40 bits per heavy atom. The molecule has 1 aromatic rings. The van der Waals surface area contributed by atoms with Crippen LogP contribution in [-0.4, -0.2) is 13.0 Å². The molecule has 15 heavy (non-hydrogen) atoms. The van der Waals surface area contributed by atoms with Gasteiger partial charge in [0.25, 0.3) is 5.91 Å². The minimum absolute atomic E-state index is 0.0818. The topological polar surface area (TPSA) is 33.0 Å². The molecule has 0 aliphatic carbocycles. The number of nitrogens with zero attached hydrogens (tertiary/aromatic N) is 1. The number of halogens is 3. The molecular weight excluding hydrogens is 258 g/mol. The van der Waals surface area contributed by atoms with Gasteiger partial charge in [-0.2, -0.15) is 4.57 Å². The zero-order valence-electron chi connectivity index (χ0n) is 8.01. The van der Waals surface area contributed by atoms with Gasteiger partial charge in [0.1, 0.15) is 0 Å². The van der Waals surface area contributed by atoms with Crippen molar-refractivity contribution in [2.45, 2.75) is 10.3 Å². The first-order valence-corrected chi connectivity index (χ1v) is 5.34. The number of hydrogen-bond acceptors (Lipinski definition) is 1. The van der Waals surface area contributed by atoms with Crippen LogP contribution in [0.2, 0.25) is 0 Å². The van der Waals surface area contributed by atoms with Crippen LogP contribution in [0.15, 0.2) is 24.5 Å². The molecule has 0 aliphatic heterocycles. The van der Waals surface area contributed by atoms with Crippen molar-refractivity contribution in [1.29, 1.82) is 0 Å². The van der Waals surface area contributed by atoms with Crippen molar-refractivity contribution in [3.05, 3.63) is 30.1 Å². The van der Waals surface area contributed by atoms with Crippen LogP contribution >= 0.6 is 34.8 Å². The fourth-order valence-electron chi connectivity index (χ4n) is 0.997. The minimum atomic E-state index is -1.42. The summed E-state index contributed by atoms with van der Waals surface area (Å²) in [5.41, 5.74) is 0.570. The third-order valence-electron chi connectivity index (χ3n) is 1.82. The molecular formula is C9H10Cl3N2O+. The van der Waals surface area contributed by atoms with E-state index in [-0.39, 0.29) is 12.5 Å². The highest BCUT2D eigenvalue weighted by atomic mass is 35.6. The second-order valence-corrected chi connectivity index (χ2v) is 5.21. The number of amides is 1. The molecule has 1 amide bonds. The number of pyridine rings is 1. The third-order valence-corrected chi connectivity index (χ3v) is 2.48. The average molecular weight is 269 g/mol. The van der Waals surface area contributed by atoms with E-state index in [9.17, 15) is 4.79 Å². The van der Waals surface area contributed by atoms with Crippen LogP contribution in [0, 0.1) is 0 Å². The van der Waals surface area contributed by atoms with Gasteiger partial charge in [0.05, 0.1) is 0 Å². The van der Waals surface area contributed by atoms with Gasteiger partial charge in [0.2, 0.25) is 10.3 Å². The van der Waals surface area contributed by atoms with Crippen LogP contribution in [0.5, 0.6) is 0 Å². The zero-order valence-corrected chi connectivity index (χ0v) is 10.3. The van der Waals surface area contributed by atoms with Gasteiger partial charge in [-0.25, -0.2) is 0 Å². The smallest absolute Gasteiger partial charge is 0.285 e. The summed E-state index contributed by atoms with van der Waals surface area (Å²) in [6, 6.07) is 3.33. The zero-order chi connectivity index (χ0) is 11.5. The molecule has 1 heterocycles. The summed E-state index contributed by atoms with van der Waals surface area (Å²) in [5.74, 6) is -0.0818. The lowest BCUT2D eigenvalue weighted by Gasteiger charge is -2.09. The highest BCUT2D eigenvalue weighted by Gasteiger charge is 2.23. The van der Waals surface area contributed by atoms with E-state index in [4.69, 9.17) is 34.8 Å². The molecule has 0 saturated carbocycles. The number of likely N-dealkylation sites (N-methyl/N-ethyl adjacent to an activating group) is 1. The maximum absolute atomic E-state index is 11.1. The Morgan fingerprint density at radius 2 is 1.93 bits per heavy atom. The molecule has 1 aromatic heterocycles. The normalized spacial score (nSPS) is 11.2. The Hall–Kier alpha value is -0.510. The number of carbonyl (C=O) groups is 1. The maximum atomic E-state index is 11.1. The molecule has 0 aromatic carbocycles. The molecule has 0 aliphatic rings. The first kappa shape index (κ1) is 12.6. The monoisotopic (exact) mass is 267 g/mol. The summed E-state index contributed by atoms with van der Waals surface area (Å²) >= 11 is 17.1. The molecule has 3 nitrogen and oxygen atoms in total. The summed E-state index contributed by atoms with van der Waals surface area (Å²) in [4.78, 5) is 11.1. The second kappa shape index (κ2) is 5.01. The van der Waals surface area contributed by atoms with E-state index in [1.165, 1.54) is 0 Å². The highest BCUT2D eigenvalue weighted by molar-refractivity contribution is 6.66. The van der Waals surface area contributed by atoms with Crippen molar-refractivity contribution in [2.24, 2.45) is 0 Å². The van der Waals surface area contributed by atoms with Crippen molar-refractivity contribution in [1.82, 2.24) is 5.32 Å². The van der Waals surface area contributed by atoms with E-state index in [2.05, 4.69) is 5.32 Å². The number of nitrogens with one attached hydrogen (secondary N) is 1. The lowest BCUT2D eigenvalue weighted by molar-refractivity contribution is -0.684. The van der Waals surface area contributed by atoms with Crippen LogP contribution in [0.3, 0.4) is 0 Å². The average Bonchev–Trinajstić information content (AvgIpc) is 2.17. The van der Waals surface area contributed by atoms with E-state index in [0.29, 0.717) is 5.56 Å². The molecule has 0 radical (unpaired) electrons. The molecule has 0 spiro atoms. The Kier molecular flexibility index (Phi) is 4.20. The molecule has 6 heteroatoms. The fourth-order valence-corrected chi connectivity index (χ4v) is 1.37. The predicted octanol–water partition coefficient (Wildman–Crippen LogP) is 1.55. The lowest BCUT2D eigenvalue weighted by atomic mass is 10.3. The van der Waals surface area contributed by atoms with Gasteiger partial charge in [-0.15, -0.1) is 0 Å². The van der Waals surface area contributed by atoms with Crippen LogP contribution in [0.4, 0.5) is 0 Å². The summed E-state index contributed by atoms with van der Waals surface area (Å²) in [7, 11) is 1.58. The molecule has 0 atom stereocenters. The number of rotatable bonds is 2. The van der Waals surface area contributed by atoms with Crippen molar-refractivity contribution >= 4 is 40.7 Å². The minimum Gasteiger partial charge on any atom is -0.354 e. The van der Waals surface area contributed by atoms with Gasteiger partial charge in [-0.1, -0.05) is 34.8 Å². The van der Waals surface area contributed by atoms with Crippen molar-refractivity contribution < 1.29 is 9.36 Å². The molecule has 0 bridgehead atoms. The molecule has 0 unspecified atom stereocenters. The Morgan fingerprint density at radius 3 is 2.33 bits per heavy atom. The van der Waals surface area contributed by atoms with Gasteiger partial charge in [0, 0.05) is 24.7 Å². The summed E-state index contributed by atoms with van der Waals surface area (Å²) in [5, 5.41) is 2.52. The number of carbonyl (C=O) groups excluding carboxylic acids is 1. The van der Waals surface area contributed by atoms with E-state index in [1.54, 1.807) is 36.1 Å². The van der Waals surface area contributed by atoms with Gasteiger partial charge in [-0.05, 0) is 0 Å². The van der Waals surface area contributed by atoms with Crippen LogP contribution in [-0.2, 0) is 15.1 Å². The van der Waals surface area contributed by atoms with E-state index >= 15 is 0 Å². The number of alkyl halides is 3. The molecule has 0 saturated heterocycles. The van der Waals surface area contributed by atoms with Crippen molar-refractivity contribution in [3.8, 4) is 0 Å². The van der Waals surface area contributed by atoms with Gasteiger partial charge in [-0.3, -0.25) is 4.79 Å². The molecule has 0 fully saturated rings. The summed E-state index contributed by atoms with van der Waals surface area (Å²) in [6.45, 7) is 0.247. The Bertz CT molecular complexity index is 345. The van der Waals surface area contributed by atoms with Crippen molar-refractivity contribution in [2.75, 3.05) is 7.05 Å². The van der Waals surface area contributed by atoms with Gasteiger partial charge >= 0.3 is 0 Å². The SMILES string of the molecule is CNC(=O)C[n+]1ccc(C(Cl)(Cl)Cl)cc1. The summed E-state index contributed by atoms with van der Waals surface area (Å²) < 4.78 is 0.269. The van der Waals surface area contributed by atoms with E-state index < -0.39 is 3.79 Å². The largest absolute Gasteiger partial charge is 0.354 e. The van der Waals surface area contributed by atoms with Crippen LogP contribution in [0.1, 0.15) is 5.56 Å². The second-order valence-electron chi connectivity index (χ2n) is 2.93. The maximum Gasteiger partial charge on any atom is 0.285 e. The van der Waals surface area contributed by atoms with Crippen LogP contribution < -0.4 is 9.88 Å². The number of aromatic nitrogens is 1. The van der Waals surface area contributed by atoms with Gasteiger partial charge in [0.15, 0.2) is 12.4 Å². The van der Waals surface area contributed by atoms with Gasteiger partial charge < -0.3 is 5.32 Å². The standard InChI is InChI=1S/C9H9Cl3N2O/c1-13-8(15)6-14-4-2-7(3-5-14)9(10,11)12/h2-5H,6H2,1H3/p+1. The Labute approximate surface area is 103 Å². The molecule has 1 N–H and O–H groups in total. The first-order chi connectivity index (χ1) is 6.93. The highest BCUT2D eigenvalue weighted by Crippen LogP contribution is 2.37. The Balaban J connectivity index is 2.77. The van der Waals surface area contributed by atoms with Crippen LogP contribution in [0.25, 0.3) is 0 Å². The fraction of sp³-hybridized carbons (Fsp3) is 0.333. The third kappa shape index (κ3) is 3.86. The lowest BCUT2D eigenvalue weighted by Crippen LogP contribution is -2.41. The molecule has 82 valence electrons. The quantitative estimate of drug-likeness (QED) is 0.641. The number of hydrogen-bond donors (Lipinski definition) is 1. The van der Waals surface area contributed by atoms with Crippen molar-refractivity contribution in [3.63, 3.8) is 0 Å². The molecule has 1 rings (SSSR count). The predicted molar refractivity (Wildman–Crippen MR) is 59.9 cm³/mol. The summed E-state index contributed by atoms with van der Waals surface area (Å²) in [6.07, 6.45) is 3.37. The van der Waals surface area contributed by atoms with E-state index in [1.807, 2.05) is 0 Å². The van der Waals surface area contributed by atoms with E-state index in [0.717, 1.165) is 0 Å². The first-order valence-electron chi connectivity index (χ1n) is 4.20.